The molecule has 1 saturated heterocycles. The molecule has 0 aromatic heterocycles. The molecular formula is C14H20BrNO2. The molecule has 1 aliphatic rings. The van der Waals surface area contributed by atoms with E-state index in [1.54, 1.807) is 0 Å². The minimum atomic E-state index is -0.259. The summed E-state index contributed by atoms with van der Waals surface area (Å²) < 4.78 is 6.65. The van der Waals surface area contributed by atoms with Crippen molar-refractivity contribution in [1.29, 1.82) is 0 Å². The fourth-order valence-corrected chi connectivity index (χ4v) is 2.68. The summed E-state index contributed by atoms with van der Waals surface area (Å²) in [5.41, 5.74) is 0. The minimum Gasteiger partial charge on any atom is -0.493 e. The van der Waals surface area contributed by atoms with Crippen LogP contribution in [0, 0.1) is 5.92 Å². The van der Waals surface area contributed by atoms with E-state index in [4.69, 9.17) is 4.74 Å². The highest BCUT2D eigenvalue weighted by molar-refractivity contribution is 9.10. The van der Waals surface area contributed by atoms with Gasteiger partial charge in [-0.15, -0.1) is 0 Å². The maximum atomic E-state index is 10.1. The number of aliphatic hydroxyl groups excluding tert-OH is 1. The van der Waals surface area contributed by atoms with Crippen molar-refractivity contribution in [3.05, 3.63) is 28.7 Å². The van der Waals surface area contributed by atoms with Crippen LogP contribution >= 0.6 is 15.9 Å². The third-order valence-corrected chi connectivity index (χ3v) is 3.85. The van der Waals surface area contributed by atoms with E-state index < -0.39 is 0 Å². The second-order valence-corrected chi connectivity index (χ2v) is 5.68. The van der Waals surface area contributed by atoms with Gasteiger partial charge >= 0.3 is 0 Å². The number of nitrogens with one attached hydrogen (secondary N) is 1. The highest BCUT2D eigenvalue weighted by Gasteiger charge is 2.21. The van der Waals surface area contributed by atoms with Gasteiger partial charge in [-0.3, -0.25) is 0 Å². The molecule has 3 nitrogen and oxygen atoms in total. The first-order valence-corrected chi connectivity index (χ1v) is 7.32. The number of hydrogen-bond acceptors (Lipinski definition) is 3. The average Bonchev–Trinajstić information content (AvgIpc) is 2.40. The van der Waals surface area contributed by atoms with Gasteiger partial charge in [-0.25, -0.2) is 0 Å². The quantitative estimate of drug-likeness (QED) is 0.878. The van der Waals surface area contributed by atoms with Crippen LogP contribution in [-0.2, 0) is 0 Å². The molecule has 0 amide bonds. The topological polar surface area (TPSA) is 41.5 Å². The van der Waals surface area contributed by atoms with Crippen molar-refractivity contribution in [3.8, 4) is 5.75 Å². The smallest absolute Gasteiger partial charge is 0.120 e. The van der Waals surface area contributed by atoms with Gasteiger partial charge in [0.05, 0.1) is 12.7 Å². The molecule has 0 spiro atoms. The Morgan fingerprint density at radius 3 is 3.11 bits per heavy atom. The van der Waals surface area contributed by atoms with Crippen LogP contribution in [-0.4, -0.2) is 30.9 Å². The van der Waals surface area contributed by atoms with E-state index in [1.807, 2.05) is 24.3 Å². The first-order chi connectivity index (χ1) is 8.75. The predicted octanol–water partition coefficient (Wildman–Crippen LogP) is 2.58. The summed E-state index contributed by atoms with van der Waals surface area (Å²) in [5.74, 6) is 1.23. The van der Waals surface area contributed by atoms with Crippen LogP contribution in [0.3, 0.4) is 0 Å². The Hall–Kier alpha value is -0.580. The zero-order valence-corrected chi connectivity index (χ0v) is 12.0. The van der Waals surface area contributed by atoms with Crippen LogP contribution in [0.25, 0.3) is 0 Å². The zero-order valence-electron chi connectivity index (χ0n) is 10.4. The van der Waals surface area contributed by atoms with Crippen molar-refractivity contribution in [2.75, 3.05) is 19.7 Å². The number of piperidine rings is 1. The van der Waals surface area contributed by atoms with E-state index in [-0.39, 0.29) is 6.10 Å². The fourth-order valence-electron chi connectivity index (χ4n) is 2.30. The molecule has 2 unspecified atom stereocenters. The normalized spacial score (nSPS) is 21.6. The number of benzene rings is 1. The second kappa shape index (κ2) is 7.12. The van der Waals surface area contributed by atoms with Crippen LogP contribution in [0.4, 0.5) is 0 Å². The molecule has 1 fully saturated rings. The summed E-state index contributed by atoms with van der Waals surface area (Å²) in [6.45, 7) is 2.57. The van der Waals surface area contributed by atoms with E-state index >= 15 is 0 Å². The highest BCUT2D eigenvalue weighted by Crippen LogP contribution is 2.20. The average molecular weight is 314 g/mol. The van der Waals surface area contributed by atoms with Gasteiger partial charge in [0.15, 0.2) is 0 Å². The molecule has 2 rings (SSSR count). The predicted molar refractivity (Wildman–Crippen MR) is 75.9 cm³/mol. The van der Waals surface area contributed by atoms with Crippen molar-refractivity contribution in [2.45, 2.75) is 25.4 Å². The van der Waals surface area contributed by atoms with Crippen molar-refractivity contribution >= 4 is 15.9 Å². The van der Waals surface area contributed by atoms with Gasteiger partial charge in [-0.1, -0.05) is 22.0 Å². The summed E-state index contributed by atoms with van der Waals surface area (Å²) in [5, 5.41) is 13.4. The summed E-state index contributed by atoms with van der Waals surface area (Å²) in [7, 11) is 0. The molecule has 1 heterocycles. The molecule has 2 atom stereocenters. The molecule has 0 bridgehead atoms. The molecule has 100 valence electrons. The van der Waals surface area contributed by atoms with Crippen molar-refractivity contribution in [2.24, 2.45) is 5.92 Å². The second-order valence-electron chi connectivity index (χ2n) is 4.77. The van der Waals surface area contributed by atoms with Gasteiger partial charge in [-0.05, 0) is 43.5 Å². The zero-order chi connectivity index (χ0) is 12.8. The van der Waals surface area contributed by atoms with Gasteiger partial charge in [0.25, 0.3) is 0 Å². The molecule has 0 radical (unpaired) electrons. The Bertz CT molecular complexity index is 367. The van der Waals surface area contributed by atoms with Gasteiger partial charge in [0.1, 0.15) is 5.75 Å². The van der Waals surface area contributed by atoms with Crippen LogP contribution in [0.2, 0.25) is 0 Å². The van der Waals surface area contributed by atoms with Crippen LogP contribution < -0.4 is 10.1 Å². The lowest BCUT2D eigenvalue weighted by molar-refractivity contribution is 0.0702. The van der Waals surface area contributed by atoms with Crippen molar-refractivity contribution in [1.82, 2.24) is 5.32 Å². The molecule has 1 aliphatic heterocycles. The van der Waals surface area contributed by atoms with Gasteiger partial charge in [0, 0.05) is 17.4 Å². The summed E-state index contributed by atoms with van der Waals surface area (Å²) in [6.07, 6.45) is 2.71. The Morgan fingerprint density at radius 2 is 2.39 bits per heavy atom. The first kappa shape index (κ1) is 13.8. The lowest BCUT2D eigenvalue weighted by Crippen LogP contribution is -2.37. The van der Waals surface area contributed by atoms with Crippen LogP contribution in [0.15, 0.2) is 28.7 Å². The van der Waals surface area contributed by atoms with Gasteiger partial charge in [-0.2, -0.15) is 0 Å². The molecule has 1 aromatic carbocycles. The van der Waals surface area contributed by atoms with E-state index in [0.717, 1.165) is 36.2 Å². The van der Waals surface area contributed by atoms with Crippen molar-refractivity contribution in [3.63, 3.8) is 0 Å². The lowest BCUT2D eigenvalue weighted by atomic mass is 9.92. The standard InChI is InChI=1S/C14H20BrNO2/c15-12-4-1-5-13(9-12)18-8-6-14(17)11-3-2-7-16-10-11/h1,4-5,9,11,14,16-17H,2-3,6-8,10H2. The SMILES string of the molecule is OC(CCOc1cccc(Br)c1)C1CCCNC1. The summed E-state index contributed by atoms with van der Waals surface area (Å²) in [4.78, 5) is 0. The molecule has 4 heteroatoms. The van der Waals surface area contributed by atoms with Crippen LogP contribution in [0.5, 0.6) is 5.75 Å². The Balaban J connectivity index is 1.71. The molecule has 1 aromatic rings. The summed E-state index contributed by atoms with van der Waals surface area (Å²) >= 11 is 3.41. The van der Waals surface area contributed by atoms with E-state index in [9.17, 15) is 5.11 Å². The number of halogens is 1. The third kappa shape index (κ3) is 4.26. The minimum absolute atomic E-state index is 0.259. The first-order valence-electron chi connectivity index (χ1n) is 6.53. The van der Waals surface area contributed by atoms with E-state index in [0.29, 0.717) is 18.9 Å². The number of hydrogen-bond donors (Lipinski definition) is 2. The highest BCUT2D eigenvalue weighted by atomic mass is 79.9. The maximum absolute atomic E-state index is 10.1. The molecule has 0 aliphatic carbocycles. The largest absolute Gasteiger partial charge is 0.493 e. The van der Waals surface area contributed by atoms with Crippen molar-refractivity contribution < 1.29 is 9.84 Å². The monoisotopic (exact) mass is 313 g/mol. The third-order valence-electron chi connectivity index (χ3n) is 3.36. The fraction of sp³-hybridized carbons (Fsp3) is 0.571. The molecular weight excluding hydrogens is 294 g/mol. The number of aliphatic hydroxyl groups is 1. The maximum Gasteiger partial charge on any atom is 0.120 e. The molecule has 2 N–H and O–H groups in total. The van der Waals surface area contributed by atoms with Gasteiger partial charge in [0.2, 0.25) is 0 Å². The van der Waals surface area contributed by atoms with Gasteiger partial charge < -0.3 is 15.2 Å². The van der Waals surface area contributed by atoms with E-state index in [2.05, 4.69) is 21.2 Å². The Kier molecular flexibility index (Phi) is 5.47. The number of ether oxygens (including phenoxy) is 1. The molecule has 0 saturated carbocycles. The Labute approximate surface area is 117 Å². The summed E-state index contributed by atoms with van der Waals surface area (Å²) in [6, 6.07) is 7.78. The van der Waals surface area contributed by atoms with Crippen LogP contribution in [0.1, 0.15) is 19.3 Å². The van der Waals surface area contributed by atoms with E-state index in [1.165, 1.54) is 0 Å². The number of rotatable bonds is 5. The Morgan fingerprint density at radius 1 is 1.50 bits per heavy atom. The lowest BCUT2D eigenvalue weighted by Gasteiger charge is -2.27. The molecule has 18 heavy (non-hydrogen) atoms.